The van der Waals surface area contributed by atoms with Gasteiger partial charge in [-0.15, -0.1) is 0 Å². The summed E-state index contributed by atoms with van der Waals surface area (Å²) in [6.07, 6.45) is 0. The van der Waals surface area contributed by atoms with E-state index in [-0.39, 0.29) is 6.03 Å². The SMILES string of the molecule is COCCN(C)C(=O)Nc1cccc(C(=O)OC)c1. The van der Waals surface area contributed by atoms with E-state index in [1.54, 1.807) is 38.4 Å². The largest absolute Gasteiger partial charge is 0.465 e. The summed E-state index contributed by atoms with van der Waals surface area (Å²) < 4.78 is 9.51. The summed E-state index contributed by atoms with van der Waals surface area (Å²) in [6.45, 7) is 0.950. The summed E-state index contributed by atoms with van der Waals surface area (Å²) in [5.41, 5.74) is 0.928. The second-order valence-corrected chi connectivity index (χ2v) is 3.92. The maximum Gasteiger partial charge on any atom is 0.337 e. The number of carbonyl (C=O) groups is 2. The fraction of sp³-hybridized carbons (Fsp3) is 0.385. The standard InChI is InChI=1S/C13H18N2O4/c1-15(7-8-18-2)13(17)14-11-6-4-5-10(9-11)12(16)19-3/h4-6,9H,7-8H2,1-3H3,(H,14,17). The molecular weight excluding hydrogens is 248 g/mol. The molecule has 0 aliphatic heterocycles. The molecule has 0 heterocycles. The Hall–Kier alpha value is -2.08. The molecule has 0 saturated carbocycles. The number of hydrogen-bond acceptors (Lipinski definition) is 4. The van der Waals surface area contributed by atoms with Gasteiger partial charge in [0.1, 0.15) is 0 Å². The van der Waals surface area contributed by atoms with Gasteiger partial charge in [-0.3, -0.25) is 0 Å². The van der Waals surface area contributed by atoms with Gasteiger partial charge in [0.05, 0.1) is 19.3 Å². The second kappa shape index (κ2) is 7.38. The lowest BCUT2D eigenvalue weighted by molar-refractivity contribution is 0.0600. The van der Waals surface area contributed by atoms with E-state index >= 15 is 0 Å². The van der Waals surface area contributed by atoms with E-state index in [1.807, 2.05) is 0 Å². The van der Waals surface area contributed by atoms with Crippen molar-refractivity contribution in [3.05, 3.63) is 29.8 Å². The minimum Gasteiger partial charge on any atom is -0.465 e. The molecule has 0 aliphatic rings. The average Bonchev–Trinajstić information content (AvgIpc) is 2.44. The third-order valence-electron chi connectivity index (χ3n) is 2.51. The average molecular weight is 266 g/mol. The van der Waals surface area contributed by atoms with Gasteiger partial charge in [-0.05, 0) is 18.2 Å². The fourth-order valence-electron chi connectivity index (χ4n) is 1.39. The van der Waals surface area contributed by atoms with Crippen molar-refractivity contribution in [2.45, 2.75) is 0 Å². The number of benzene rings is 1. The monoisotopic (exact) mass is 266 g/mol. The molecule has 0 aliphatic carbocycles. The Bertz CT molecular complexity index is 448. The molecule has 1 rings (SSSR count). The van der Waals surface area contributed by atoms with Gasteiger partial charge in [0.2, 0.25) is 0 Å². The Morgan fingerprint density at radius 1 is 1.32 bits per heavy atom. The lowest BCUT2D eigenvalue weighted by atomic mass is 10.2. The summed E-state index contributed by atoms with van der Waals surface area (Å²) in [4.78, 5) is 24.7. The van der Waals surface area contributed by atoms with Crippen LogP contribution in [0, 0.1) is 0 Å². The van der Waals surface area contributed by atoms with E-state index in [9.17, 15) is 9.59 Å². The molecule has 0 unspecified atom stereocenters. The van der Waals surface area contributed by atoms with E-state index in [0.717, 1.165) is 0 Å². The number of hydrogen-bond donors (Lipinski definition) is 1. The highest BCUT2D eigenvalue weighted by atomic mass is 16.5. The van der Waals surface area contributed by atoms with E-state index in [1.165, 1.54) is 12.0 Å². The number of likely N-dealkylation sites (N-methyl/N-ethyl adjacent to an activating group) is 1. The van der Waals surface area contributed by atoms with Gasteiger partial charge in [-0.2, -0.15) is 0 Å². The number of esters is 1. The van der Waals surface area contributed by atoms with Gasteiger partial charge in [-0.25, -0.2) is 9.59 Å². The van der Waals surface area contributed by atoms with Crippen molar-refractivity contribution in [3.63, 3.8) is 0 Å². The molecule has 0 spiro atoms. The van der Waals surface area contributed by atoms with Gasteiger partial charge in [0, 0.05) is 26.4 Å². The van der Waals surface area contributed by atoms with E-state index < -0.39 is 5.97 Å². The summed E-state index contributed by atoms with van der Waals surface area (Å²) in [6, 6.07) is 6.30. The molecule has 6 nitrogen and oxygen atoms in total. The molecule has 0 radical (unpaired) electrons. The Kier molecular flexibility index (Phi) is 5.81. The van der Waals surface area contributed by atoms with Crippen LogP contribution in [0.1, 0.15) is 10.4 Å². The van der Waals surface area contributed by atoms with Gasteiger partial charge in [0.25, 0.3) is 0 Å². The summed E-state index contributed by atoms with van der Waals surface area (Å²) in [5, 5.41) is 2.69. The molecule has 6 heteroatoms. The molecule has 0 saturated heterocycles. The number of nitrogens with one attached hydrogen (secondary N) is 1. The first kappa shape index (κ1) is 15.0. The molecule has 1 aromatic rings. The van der Waals surface area contributed by atoms with Crippen LogP contribution < -0.4 is 5.32 Å². The summed E-state index contributed by atoms with van der Waals surface area (Å²) in [7, 11) is 4.55. The van der Waals surface area contributed by atoms with Crippen LogP contribution in [0.15, 0.2) is 24.3 Å². The number of amides is 2. The van der Waals surface area contributed by atoms with E-state index in [0.29, 0.717) is 24.4 Å². The van der Waals surface area contributed by atoms with Crippen molar-refractivity contribution < 1.29 is 19.1 Å². The van der Waals surface area contributed by atoms with Crippen molar-refractivity contribution >= 4 is 17.7 Å². The topological polar surface area (TPSA) is 67.9 Å². The van der Waals surface area contributed by atoms with Gasteiger partial charge in [-0.1, -0.05) is 6.07 Å². The number of nitrogens with zero attached hydrogens (tertiary/aromatic N) is 1. The lowest BCUT2D eigenvalue weighted by Gasteiger charge is -2.17. The Morgan fingerprint density at radius 2 is 2.05 bits per heavy atom. The first-order valence-corrected chi connectivity index (χ1v) is 5.78. The quantitative estimate of drug-likeness (QED) is 0.822. The summed E-state index contributed by atoms with van der Waals surface area (Å²) in [5.74, 6) is -0.441. The minimum atomic E-state index is -0.441. The van der Waals surface area contributed by atoms with Crippen LogP contribution in [0.25, 0.3) is 0 Å². The zero-order chi connectivity index (χ0) is 14.3. The van der Waals surface area contributed by atoms with Crippen LogP contribution in [0.2, 0.25) is 0 Å². The third-order valence-corrected chi connectivity index (χ3v) is 2.51. The Balaban J connectivity index is 2.66. The van der Waals surface area contributed by atoms with E-state index in [4.69, 9.17) is 4.74 Å². The minimum absolute atomic E-state index is 0.265. The Labute approximate surface area is 112 Å². The number of rotatable bonds is 5. The highest BCUT2D eigenvalue weighted by molar-refractivity contribution is 5.93. The Morgan fingerprint density at radius 3 is 2.68 bits per heavy atom. The number of anilines is 1. The molecule has 0 aromatic heterocycles. The third kappa shape index (κ3) is 4.59. The first-order chi connectivity index (χ1) is 9.08. The zero-order valence-electron chi connectivity index (χ0n) is 11.3. The molecule has 104 valence electrons. The smallest absolute Gasteiger partial charge is 0.337 e. The highest BCUT2D eigenvalue weighted by Gasteiger charge is 2.10. The summed E-state index contributed by atoms with van der Waals surface area (Å²) >= 11 is 0. The van der Waals surface area contributed by atoms with Gasteiger partial charge >= 0.3 is 12.0 Å². The van der Waals surface area contributed by atoms with Crippen molar-refractivity contribution in [3.8, 4) is 0 Å². The predicted molar refractivity (Wildman–Crippen MR) is 71.3 cm³/mol. The maximum atomic E-state index is 11.8. The van der Waals surface area contributed by atoms with Crippen LogP contribution >= 0.6 is 0 Å². The number of urea groups is 1. The van der Waals surface area contributed by atoms with Crippen LogP contribution in [0.5, 0.6) is 0 Å². The molecule has 0 fully saturated rings. The van der Waals surface area contributed by atoms with E-state index in [2.05, 4.69) is 10.1 Å². The molecular formula is C13H18N2O4. The maximum absolute atomic E-state index is 11.8. The van der Waals surface area contributed by atoms with Crippen molar-refractivity contribution in [1.29, 1.82) is 0 Å². The first-order valence-electron chi connectivity index (χ1n) is 5.78. The fourth-order valence-corrected chi connectivity index (χ4v) is 1.39. The molecule has 2 amide bonds. The normalized spacial score (nSPS) is 9.84. The van der Waals surface area contributed by atoms with Crippen molar-refractivity contribution in [2.24, 2.45) is 0 Å². The van der Waals surface area contributed by atoms with Crippen LogP contribution in [0.4, 0.5) is 10.5 Å². The van der Waals surface area contributed by atoms with Gasteiger partial charge < -0.3 is 19.7 Å². The number of carbonyl (C=O) groups excluding carboxylic acids is 2. The highest BCUT2D eigenvalue weighted by Crippen LogP contribution is 2.12. The predicted octanol–water partition coefficient (Wildman–Crippen LogP) is 1.58. The van der Waals surface area contributed by atoms with Crippen LogP contribution in [-0.4, -0.2) is 51.3 Å². The van der Waals surface area contributed by atoms with Crippen LogP contribution in [-0.2, 0) is 9.47 Å². The molecule has 0 atom stereocenters. The molecule has 1 N–H and O–H groups in total. The lowest BCUT2D eigenvalue weighted by Crippen LogP contribution is -2.33. The molecule has 1 aromatic carbocycles. The second-order valence-electron chi connectivity index (χ2n) is 3.92. The molecule has 19 heavy (non-hydrogen) atoms. The number of ether oxygens (including phenoxy) is 2. The van der Waals surface area contributed by atoms with Crippen molar-refractivity contribution in [2.75, 3.05) is 39.7 Å². The van der Waals surface area contributed by atoms with Crippen molar-refractivity contribution in [1.82, 2.24) is 4.90 Å². The molecule has 0 bridgehead atoms. The van der Waals surface area contributed by atoms with Crippen LogP contribution in [0.3, 0.4) is 0 Å². The van der Waals surface area contributed by atoms with Gasteiger partial charge in [0.15, 0.2) is 0 Å². The zero-order valence-corrected chi connectivity index (χ0v) is 11.3. The number of methoxy groups -OCH3 is 2.